The molecule has 1 unspecified atom stereocenters. The van der Waals surface area contributed by atoms with Gasteiger partial charge in [-0.2, -0.15) is 0 Å². The zero-order chi connectivity index (χ0) is 19.8. The molecule has 0 fully saturated rings. The summed E-state index contributed by atoms with van der Waals surface area (Å²) in [7, 11) is 1.58. The summed E-state index contributed by atoms with van der Waals surface area (Å²) in [6.07, 6.45) is 0. The van der Waals surface area contributed by atoms with E-state index in [0.29, 0.717) is 23.7 Å². The fourth-order valence-electron chi connectivity index (χ4n) is 2.56. The van der Waals surface area contributed by atoms with Crippen LogP contribution >= 0.6 is 0 Å². The van der Waals surface area contributed by atoms with Gasteiger partial charge >= 0.3 is 5.97 Å². The SMILES string of the molecule is CCOc1cc(C(=O)NC(C)c2ccccc2OC)ccc1OCC(=O)O. The molecular weight excluding hydrogens is 350 g/mol. The Morgan fingerprint density at radius 1 is 1.07 bits per heavy atom. The molecule has 0 spiro atoms. The number of ether oxygens (including phenoxy) is 3. The second kappa shape index (κ2) is 9.47. The number of carboxylic acid groups (broad SMARTS) is 1. The first kappa shape index (κ1) is 20.1. The van der Waals surface area contributed by atoms with Crippen LogP contribution in [0.2, 0.25) is 0 Å². The number of amides is 1. The number of hydrogen-bond acceptors (Lipinski definition) is 5. The number of carbonyl (C=O) groups excluding carboxylic acids is 1. The summed E-state index contributed by atoms with van der Waals surface area (Å²) in [6.45, 7) is 3.52. The number of nitrogens with one attached hydrogen (secondary N) is 1. The summed E-state index contributed by atoms with van der Waals surface area (Å²) < 4.78 is 16.0. The van der Waals surface area contributed by atoms with Gasteiger partial charge < -0.3 is 24.6 Å². The first-order valence-electron chi connectivity index (χ1n) is 8.51. The zero-order valence-electron chi connectivity index (χ0n) is 15.5. The molecule has 2 aromatic carbocycles. The van der Waals surface area contributed by atoms with Crippen molar-refractivity contribution < 1.29 is 28.9 Å². The van der Waals surface area contributed by atoms with E-state index < -0.39 is 12.6 Å². The lowest BCUT2D eigenvalue weighted by Gasteiger charge is -2.18. The van der Waals surface area contributed by atoms with Crippen molar-refractivity contribution in [3.8, 4) is 17.2 Å². The maximum Gasteiger partial charge on any atom is 0.341 e. The van der Waals surface area contributed by atoms with Crippen molar-refractivity contribution in [3.05, 3.63) is 53.6 Å². The van der Waals surface area contributed by atoms with Gasteiger partial charge in [0, 0.05) is 11.1 Å². The van der Waals surface area contributed by atoms with E-state index >= 15 is 0 Å². The van der Waals surface area contributed by atoms with Crippen LogP contribution in [-0.2, 0) is 4.79 Å². The first-order valence-corrected chi connectivity index (χ1v) is 8.51. The fourth-order valence-corrected chi connectivity index (χ4v) is 2.56. The summed E-state index contributed by atoms with van der Waals surface area (Å²) >= 11 is 0. The van der Waals surface area contributed by atoms with Crippen LogP contribution in [0.15, 0.2) is 42.5 Å². The van der Waals surface area contributed by atoms with Gasteiger partial charge in [-0.15, -0.1) is 0 Å². The molecule has 0 saturated heterocycles. The van der Waals surface area contributed by atoms with Gasteiger partial charge in [0.2, 0.25) is 0 Å². The van der Waals surface area contributed by atoms with Crippen LogP contribution in [0.5, 0.6) is 17.2 Å². The zero-order valence-corrected chi connectivity index (χ0v) is 15.5. The molecule has 0 radical (unpaired) electrons. The van der Waals surface area contributed by atoms with Crippen molar-refractivity contribution in [1.82, 2.24) is 5.32 Å². The first-order chi connectivity index (χ1) is 13.0. The summed E-state index contributed by atoms with van der Waals surface area (Å²) in [5, 5.41) is 11.7. The lowest BCUT2D eigenvalue weighted by atomic mass is 10.1. The Morgan fingerprint density at radius 2 is 1.81 bits per heavy atom. The van der Waals surface area contributed by atoms with Crippen molar-refractivity contribution in [2.45, 2.75) is 19.9 Å². The molecule has 0 aliphatic rings. The van der Waals surface area contributed by atoms with Gasteiger partial charge in [-0.1, -0.05) is 18.2 Å². The van der Waals surface area contributed by atoms with Crippen molar-refractivity contribution in [2.75, 3.05) is 20.3 Å². The van der Waals surface area contributed by atoms with Crippen LogP contribution in [-0.4, -0.2) is 37.3 Å². The number of hydrogen-bond donors (Lipinski definition) is 2. The van der Waals surface area contributed by atoms with Crippen molar-refractivity contribution >= 4 is 11.9 Å². The Morgan fingerprint density at radius 3 is 2.48 bits per heavy atom. The Hall–Kier alpha value is -3.22. The molecule has 2 aromatic rings. The van der Waals surface area contributed by atoms with E-state index in [0.717, 1.165) is 5.56 Å². The molecule has 0 aliphatic carbocycles. The topological polar surface area (TPSA) is 94.1 Å². The molecule has 0 bridgehead atoms. The van der Waals surface area contributed by atoms with E-state index in [1.54, 1.807) is 20.1 Å². The number of para-hydroxylation sites is 1. The molecule has 2 N–H and O–H groups in total. The maximum atomic E-state index is 12.6. The third-order valence-electron chi connectivity index (χ3n) is 3.81. The van der Waals surface area contributed by atoms with Crippen LogP contribution in [0.3, 0.4) is 0 Å². The summed E-state index contributed by atoms with van der Waals surface area (Å²) in [6, 6.07) is 11.8. The molecule has 1 amide bonds. The third-order valence-corrected chi connectivity index (χ3v) is 3.81. The minimum Gasteiger partial charge on any atom is -0.496 e. The highest BCUT2D eigenvalue weighted by atomic mass is 16.5. The average Bonchev–Trinajstić information content (AvgIpc) is 2.66. The lowest BCUT2D eigenvalue weighted by Crippen LogP contribution is -2.27. The number of aliphatic carboxylic acids is 1. The Kier molecular flexibility index (Phi) is 7.05. The molecule has 2 rings (SSSR count). The quantitative estimate of drug-likeness (QED) is 0.702. The molecule has 0 aromatic heterocycles. The van der Waals surface area contributed by atoms with Crippen LogP contribution < -0.4 is 19.5 Å². The smallest absolute Gasteiger partial charge is 0.341 e. The summed E-state index contributed by atoms with van der Waals surface area (Å²) in [4.78, 5) is 23.3. The normalized spacial score (nSPS) is 11.4. The van der Waals surface area contributed by atoms with E-state index in [2.05, 4.69) is 5.32 Å². The van der Waals surface area contributed by atoms with E-state index in [1.165, 1.54) is 12.1 Å². The molecule has 0 aliphatic heterocycles. The van der Waals surface area contributed by atoms with Gasteiger partial charge in [0.25, 0.3) is 5.91 Å². The highest BCUT2D eigenvalue weighted by molar-refractivity contribution is 5.95. The van der Waals surface area contributed by atoms with Crippen molar-refractivity contribution in [2.24, 2.45) is 0 Å². The van der Waals surface area contributed by atoms with Crippen LogP contribution in [0, 0.1) is 0 Å². The minimum absolute atomic E-state index is 0.271. The van der Waals surface area contributed by atoms with Gasteiger partial charge in [0.05, 0.1) is 19.8 Å². The van der Waals surface area contributed by atoms with E-state index in [1.807, 2.05) is 31.2 Å². The predicted molar refractivity (Wildman–Crippen MR) is 99.6 cm³/mol. The highest BCUT2D eigenvalue weighted by Gasteiger charge is 2.17. The van der Waals surface area contributed by atoms with Gasteiger partial charge in [0.15, 0.2) is 18.1 Å². The second-order valence-corrected chi connectivity index (χ2v) is 5.71. The van der Waals surface area contributed by atoms with Gasteiger partial charge in [-0.05, 0) is 38.1 Å². The molecule has 0 saturated carbocycles. The number of methoxy groups -OCH3 is 1. The van der Waals surface area contributed by atoms with Gasteiger partial charge in [0.1, 0.15) is 5.75 Å². The van der Waals surface area contributed by atoms with Crippen molar-refractivity contribution in [3.63, 3.8) is 0 Å². The summed E-state index contributed by atoms with van der Waals surface area (Å²) in [5.41, 5.74) is 1.24. The Balaban J connectivity index is 2.17. The molecule has 0 heterocycles. The number of carbonyl (C=O) groups is 2. The van der Waals surface area contributed by atoms with Gasteiger partial charge in [-0.25, -0.2) is 4.79 Å². The van der Waals surface area contributed by atoms with Crippen LogP contribution in [0.1, 0.15) is 35.8 Å². The van der Waals surface area contributed by atoms with E-state index in [-0.39, 0.29) is 17.7 Å². The predicted octanol–water partition coefficient (Wildman–Crippen LogP) is 3.05. The maximum absolute atomic E-state index is 12.6. The third kappa shape index (κ3) is 5.37. The standard InChI is InChI=1S/C20H23NO6/c1-4-26-18-11-14(9-10-17(18)27-12-19(22)23)20(24)21-13(2)15-7-5-6-8-16(15)25-3/h5-11,13H,4,12H2,1-3H3,(H,21,24)(H,22,23). The Labute approximate surface area is 157 Å². The number of benzene rings is 2. The van der Waals surface area contributed by atoms with Gasteiger partial charge in [-0.3, -0.25) is 4.79 Å². The molecular formula is C20H23NO6. The minimum atomic E-state index is -1.09. The average molecular weight is 373 g/mol. The number of carboxylic acids is 1. The highest BCUT2D eigenvalue weighted by Crippen LogP contribution is 2.29. The number of rotatable bonds is 9. The second-order valence-electron chi connectivity index (χ2n) is 5.71. The fraction of sp³-hybridized carbons (Fsp3) is 0.300. The van der Waals surface area contributed by atoms with Crippen molar-refractivity contribution in [1.29, 1.82) is 0 Å². The molecule has 144 valence electrons. The van der Waals surface area contributed by atoms with Crippen LogP contribution in [0.25, 0.3) is 0 Å². The lowest BCUT2D eigenvalue weighted by molar-refractivity contribution is -0.139. The molecule has 7 heteroatoms. The Bertz CT molecular complexity index is 805. The molecule has 27 heavy (non-hydrogen) atoms. The van der Waals surface area contributed by atoms with Crippen LogP contribution in [0.4, 0.5) is 0 Å². The van der Waals surface area contributed by atoms with E-state index in [9.17, 15) is 9.59 Å². The molecule has 7 nitrogen and oxygen atoms in total. The summed E-state index contributed by atoms with van der Waals surface area (Å²) in [5.74, 6) is -0.105. The largest absolute Gasteiger partial charge is 0.496 e. The monoisotopic (exact) mass is 373 g/mol. The van der Waals surface area contributed by atoms with E-state index in [4.69, 9.17) is 19.3 Å². The molecule has 1 atom stereocenters.